The van der Waals surface area contributed by atoms with Gasteiger partial charge in [0.25, 0.3) is 0 Å². The maximum Gasteiger partial charge on any atom is 0.0700 e. The molecule has 1 aromatic carbocycles. The average molecular weight is 332 g/mol. The lowest BCUT2D eigenvalue weighted by molar-refractivity contribution is 0.0487. The van der Waals surface area contributed by atoms with Crippen molar-refractivity contribution in [1.82, 2.24) is 0 Å². The Morgan fingerprint density at radius 2 is 1.83 bits per heavy atom. The van der Waals surface area contributed by atoms with E-state index in [-0.39, 0.29) is 0 Å². The van der Waals surface area contributed by atoms with Gasteiger partial charge in [0.1, 0.15) is 0 Å². The molecule has 0 heterocycles. The van der Waals surface area contributed by atoms with Crippen LogP contribution in [0.3, 0.4) is 0 Å². The topological polar surface area (TPSA) is 38.7 Å². The molecule has 24 heavy (non-hydrogen) atoms. The minimum Gasteiger partial charge on any atom is -0.396 e. The van der Waals surface area contributed by atoms with Gasteiger partial charge in [-0.15, -0.1) is 0 Å². The molecular weight excluding hydrogens is 300 g/mol. The van der Waals surface area contributed by atoms with Crippen LogP contribution in [0.5, 0.6) is 0 Å². The first kappa shape index (κ1) is 17.9. The van der Waals surface area contributed by atoms with E-state index in [1.54, 1.807) is 12.7 Å². The summed E-state index contributed by atoms with van der Waals surface area (Å²) in [7, 11) is 1.72. The zero-order valence-electron chi connectivity index (χ0n) is 15.0. The monoisotopic (exact) mass is 332 g/mol. The van der Waals surface area contributed by atoms with Crippen LogP contribution in [-0.4, -0.2) is 38.6 Å². The number of ether oxygens (including phenoxy) is 2. The largest absolute Gasteiger partial charge is 0.396 e. The minimum absolute atomic E-state index is 0.366. The summed E-state index contributed by atoms with van der Waals surface area (Å²) in [6, 6.07) is 7.20. The molecule has 0 unspecified atom stereocenters. The van der Waals surface area contributed by atoms with Crippen LogP contribution in [0, 0.1) is 11.8 Å². The first-order chi connectivity index (χ1) is 11.8. The van der Waals surface area contributed by atoms with Gasteiger partial charge in [0.2, 0.25) is 0 Å². The molecule has 134 valence electrons. The summed E-state index contributed by atoms with van der Waals surface area (Å²) in [6.45, 7) is 2.61. The lowest BCUT2D eigenvalue weighted by atomic mass is 9.77. The lowest BCUT2D eigenvalue weighted by Crippen LogP contribution is -2.21. The number of hydrogen-bond donors (Lipinski definition) is 1. The zero-order chi connectivity index (χ0) is 16.8. The number of rotatable bonds is 7. The van der Waals surface area contributed by atoms with Crippen LogP contribution in [0.15, 0.2) is 18.2 Å². The van der Waals surface area contributed by atoms with Gasteiger partial charge in [-0.3, -0.25) is 0 Å². The lowest BCUT2D eigenvalue weighted by Gasteiger charge is -2.29. The summed E-state index contributed by atoms with van der Waals surface area (Å²) in [5.41, 5.74) is 4.61. The van der Waals surface area contributed by atoms with Crippen molar-refractivity contribution >= 4 is 0 Å². The van der Waals surface area contributed by atoms with E-state index in [4.69, 9.17) is 9.47 Å². The van der Waals surface area contributed by atoms with Crippen LogP contribution >= 0.6 is 0 Å². The Kier molecular flexibility index (Phi) is 6.70. The Labute approximate surface area is 146 Å². The predicted molar refractivity (Wildman–Crippen MR) is 96.4 cm³/mol. The van der Waals surface area contributed by atoms with Crippen molar-refractivity contribution in [3.05, 3.63) is 34.9 Å². The van der Waals surface area contributed by atoms with Gasteiger partial charge in [-0.2, -0.15) is 0 Å². The standard InChI is InChI=1S/C21H32O3/c1-23-10-11-24-15-17-4-7-21-13-20(9-8-19(21)12-17)18-5-2-16(14-22)3-6-18/h8-9,13,16-18,22H,2-7,10-12,14-15H2,1H3/t16?,17-,18?/m1/s1. The maximum absolute atomic E-state index is 9.31. The van der Waals surface area contributed by atoms with Crippen molar-refractivity contribution in [3.63, 3.8) is 0 Å². The van der Waals surface area contributed by atoms with Crippen molar-refractivity contribution in [2.45, 2.75) is 50.9 Å². The molecule has 0 aromatic heterocycles. The molecular formula is C21H32O3. The van der Waals surface area contributed by atoms with Gasteiger partial charge in [-0.25, -0.2) is 0 Å². The number of methoxy groups -OCH3 is 1. The number of benzene rings is 1. The van der Waals surface area contributed by atoms with Crippen molar-refractivity contribution in [1.29, 1.82) is 0 Å². The molecule has 3 nitrogen and oxygen atoms in total. The third-order valence-electron chi connectivity index (χ3n) is 5.92. The molecule has 0 spiro atoms. The molecule has 0 amide bonds. The smallest absolute Gasteiger partial charge is 0.0700 e. The second kappa shape index (κ2) is 8.98. The molecule has 3 heteroatoms. The first-order valence-corrected chi connectivity index (χ1v) is 9.59. The van der Waals surface area contributed by atoms with Gasteiger partial charge >= 0.3 is 0 Å². The highest BCUT2D eigenvalue weighted by molar-refractivity contribution is 5.36. The Morgan fingerprint density at radius 3 is 2.58 bits per heavy atom. The predicted octanol–water partition coefficient (Wildman–Crippen LogP) is 3.72. The van der Waals surface area contributed by atoms with Crippen LogP contribution in [0.2, 0.25) is 0 Å². The molecule has 0 radical (unpaired) electrons. The van der Waals surface area contributed by atoms with Crippen molar-refractivity contribution < 1.29 is 14.6 Å². The third kappa shape index (κ3) is 4.59. The van der Waals surface area contributed by atoms with Gasteiger partial charge in [-0.05, 0) is 79.4 Å². The van der Waals surface area contributed by atoms with Crippen LogP contribution < -0.4 is 0 Å². The van der Waals surface area contributed by atoms with Crippen molar-refractivity contribution in [3.8, 4) is 0 Å². The van der Waals surface area contributed by atoms with Crippen molar-refractivity contribution in [2.24, 2.45) is 11.8 Å². The molecule has 0 bridgehead atoms. The highest BCUT2D eigenvalue weighted by atomic mass is 16.5. The molecule has 1 aromatic rings. The zero-order valence-corrected chi connectivity index (χ0v) is 15.0. The summed E-state index contributed by atoms with van der Waals surface area (Å²) in [6.07, 6.45) is 8.41. The molecule has 1 fully saturated rings. The van der Waals surface area contributed by atoms with E-state index in [0.717, 1.165) is 13.0 Å². The maximum atomic E-state index is 9.31. The summed E-state index contributed by atoms with van der Waals surface area (Å²) >= 11 is 0. The molecule has 1 N–H and O–H groups in total. The van der Waals surface area contributed by atoms with E-state index in [2.05, 4.69) is 18.2 Å². The van der Waals surface area contributed by atoms with Crippen LogP contribution in [-0.2, 0) is 22.3 Å². The average Bonchev–Trinajstić information content (AvgIpc) is 2.65. The van der Waals surface area contributed by atoms with Gasteiger partial charge in [0, 0.05) is 20.3 Å². The summed E-state index contributed by atoms with van der Waals surface area (Å²) in [5, 5.41) is 9.31. The second-order valence-corrected chi connectivity index (χ2v) is 7.60. The molecule has 3 rings (SSSR count). The SMILES string of the molecule is COCCOC[C@@H]1CCc2cc(C3CCC(CO)CC3)ccc2C1. The van der Waals surface area contributed by atoms with E-state index in [9.17, 15) is 5.11 Å². The third-order valence-corrected chi connectivity index (χ3v) is 5.92. The molecule has 1 atom stereocenters. The van der Waals surface area contributed by atoms with E-state index >= 15 is 0 Å². The summed E-state index contributed by atoms with van der Waals surface area (Å²) in [4.78, 5) is 0. The highest BCUT2D eigenvalue weighted by Crippen LogP contribution is 2.37. The van der Waals surface area contributed by atoms with E-state index in [1.807, 2.05) is 0 Å². The van der Waals surface area contributed by atoms with Gasteiger partial charge in [0.15, 0.2) is 0 Å². The minimum atomic E-state index is 0.366. The van der Waals surface area contributed by atoms with Gasteiger partial charge in [0.05, 0.1) is 13.2 Å². The first-order valence-electron chi connectivity index (χ1n) is 9.59. The van der Waals surface area contributed by atoms with E-state index < -0.39 is 0 Å². The molecule has 0 aliphatic heterocycles. The highest BCUT2D eigenvalue weighted by Gasteiger charge is 2.24. The fourth-order valence-corrected chi connectivity index (χ4v) is 4.32. The molecule has 2 aliphatic rings. The van der Waals surface area contributed by atoms with E-state index in [0.29, 0.717) is 37.6 Å². The normalized spacial score (nSPS) is 27.0. The Morgan fingerprint density at radius 1 is 1.00 bits per heavy atom. The molecule has 0 saturated heterocycles. The van der Waals surface area contributed by atoms with Crippen LogP contribution in [0.1, 0.15) is 54.7 Å². The number of hydrogen-bond acceptors (Lipinski definition) is 3. The fourth-order valence-electron chi connectivity index (χ4n) is 4.32. The molecule has 2 aliphatic carbocycles. The van der Waals surface area contributed by atoms with Gasteiger partial charge < -0.3 is 14.6 Å². The number of aryl methyl sites for hydroxylation is 1. The second-order valence-electron chi connectivity index (χ2n) is 7.60. The Balaban J connectivity index is 1.54. The Bertz CT molecular complexity index is 506. The number of aliphatic hydroxyl groups is 1. The van der Waals surface area contributed by atoms with E-state index in [1.165, 1.54) is 49.7 Å². The quantitative estimate of drug-likeness (QED) is 0.774. The van der Waals surface area contributed by atoms with Crippen molar-refractivity contribution in [2.75, 3.05) is 33.5 Å². The fraction of sp³-hybridized carbons (Fsp3) is 0.714. The van der Waals surface area contributed by atoms with Crippen LogP contribution in [0.25, 0.3) is 0 Å². The van der Waals surface area contributed by atoms with Crippen LogP contribution in [0.4, 0.5) is 0 Å². The number of aliphatic hydroxyl groups excluding tert-OH is 1. The summed E-state index contributed by atoms with van der Waals surface area (Å²) < 4.78 is 10.8. The Hall–Kier alpha value is -0.900. The molecule has 1 saturated carbocycles. The van der Waals surface area contributed by atoms with Gasteiger partial charge in [-0.1, -0.05) is 18.2 Å². The number of fused-ring (bicyclic) bond motifs is 1. The summed E-state index contributed by atoms with van der Waals surface area (Å²) in [5.74, 6) is 1.89.